The highest BCUT2D eigenvalue weighted by molar-refractivity contribution is 7.92. The van der Waals surface area contributed by atoms with E-state index in [2.05, 4.69) is 15.4 Å². The van der Waals surface area contributed by atoms with Gasteiger partial charge in [-0.2, -0.15) is 0 Å². The van der Waals surface area contributed by atoms with Gasteiger partial charge in [-0.1, -0.05) is 24.3 Å². The fourth-order valence-electron chi connectivity index (χ4n) is 3.54. The highest BCUT2D eigenvalue weighted by atomic mass is 32.2. The number of aromatic nitrogens is 2. The van der Waals surface area contributed by atoms with E-state index in [1.807, 2.05) is 18.2 Å². The molecule has 0 fully saturated rings. The van der Waals surface area contributed by atoms with E-state index in [0.717, 1.165) is 17.6 Å². The van der Waals surface area contributed by atoms with Crippen LogP contribution in [0.3, 0.4) is 0 Å². The van der Waals surface area contributed by atoms with E-state index >= 15 is 0 Å². The van der Waals surface area contributed by atoms with Crippen molar-refractivity contribution in [3.63, 3.8) is 0 Å². The summed E-state index contributed by atoms with van der Waals surface area (Å²) in [6, 6.07) is 16.8. The zero-order valence-electron chi connectivity index (χ0n) is 19.6. The SMILES string of the molecule is Cc1c(NC(=O)c2csc(C(=O)Nc3cccc(NS(C)(=O)=O)c3)c2)c(=O)n(-c2ccccc2)n1C. The monoisotopic (exact) mass is 525 g/mol. The van der Waals surface area contributed by atoms with Crippen molar-refractivity contribution in [3.05, 3.63) is 92.5 Å². The number of benzene rings is 2. The number of rotatable bonds is 7. The van der Waals surface area contributed by atoms with E-state index in [-0.39, 0.29) is 21.7 Å². The van der Waals surface area contributed by atoms with Crippen LogP contribution in [0.25, 0.3) is 5.69 Å². The third kappa shape index (κ3) is 5.39. The van der Waals surface area contributed by atoms with Crippen LogP contribution in [0.4, 0.5) is 17.1 Å². The number of hydrogen-bond donors (Lipinski definition) is 3. The summed E-state index contributed by atoms with van der Waals surface area (Å²) in [6.07, 6.45) is 1.03. The van der Waals surface area contributed by atoms with Crippen LogP contribution >= 0.6 is 11.3 Å². The van der Waals surface area contributed by atoms with Gasteiger partial charge in [0.05, 0.1) is 33.8 Å². The zero-order chi connectivity index (χ0) is 26.0. The largest absolute Gasteiger partial charge is 0.321 e. The topological polar surface area (TPSA) is 131 Å². The lowest BCUT2D eigenvalue weighted by Gasteiger charge is -2.07. The Morgan fingerprint density at radius 2 is 1.61 bits per heavy atom. The molecule has 36 heavy (non-hydrogen) atoms. The van der Waals surface area contributed by atoms with E-state index < -0.39 is 21.8 Å². The van der Waals surface area contributed by atoms with Crippen molar-refractivity contribution in [3.8, 4) is 5.69 Å². The Hall–Kier alpha value is -4.16. The van der Waals surface area contributed by atoms with Crippen molar-refractivity contribution in [1.82, 2.24) is 9.36 Å². The van der Waals surface area contributed by atoms with Gasteiger partial charge in [-0.05, 0) is 43.3 Å². The minimum absolute atomic E-state index is 0.152. The molecule has 10 nitrogen and oxygen atoms in total. The normalized spacial score (nSPS) is 11.2. The molecule has 0 saturated carbocycles. The molecule has 4 rings (SSSR count). The van der Waals surface area contributed by atoms with Crippen molar-refractivity contribution >= 4 is 50.2 Å². The quantitative estimate of drug-likeness (QED) is 0.340. The molecule has 2 aromatic heterocycles. The summed E-state index contributed by atoms with van der Waals surface area (Å²) in [5, 5.41) is 6.88. The summed E-state index contributed by atoms with van der Waals surface area (Å²) in [7, 11) is -1.73. The average Bonchev–Trinajstić information content (AvgIpc) is 3.39. The molecule has 0 atom stereocenters. The van der Waals surface area contributed by atoms with Crippen LogP contribution in [0.2, 0.25) is 0 Å². The first-order valence-corrected chi connectivity index (χ1v) is 13.4. The number of carbonyl (C=O) groups is 2. The Morgan fingerprint density at radius 3 is 2.31 bits per heavy atom. The maximum Gasteiger partial charge on any atom is 0.295 e. The predicted molar refractivity (Wildman–Crippen MR) is 141 cm³/mol. The maximum atomic E-state index is 13.0. The van der Waals surface area contributed by atoms with Gasteiger partial charge in [-0.3, -0.25) is 23.8 Å². The van der Waals surface area contributed by atoms with Gasteiger partial charge in [0.15, 0.2) is 0 Å². The fraction of sp³-hybridized carbons (Fsp3) is 0.125. The van der Waals surface area contributed by atoms with E-state index in [0.29, 0.717) is 22.8 Å². The number of carbonyl (C=O) groups excluding carboxylic acids is 2. The maximum absolute atomic E-state index is 13.0. The molecule has 0 aliphatic heterocycles. The fourth-order valence-corrected chi connectivity index (χ4v) is 4.88. The van der Waals surface area contributed by atoms with Gasteiger partial charge >= 0.3 is 0 Å². The van der Waals surface area contributed by atoms with Gasteiger partial charge < -0.3 is 10.6 Å². The molecule has 2 amide bonds. The summed E-state index contributed by atoms with van der Waals surface area (Å²) in [5.41, 5.74) is 1.94. The molecule has 0 radical (unpaired) electrons. The molecule has 12 heteroatoms. The molecule has 0 spiro atoms. The lowest BCUT2D eigenvalue weighted by atomic mass is 10.2. The molecule has 0 saturated heterocycles. The lowest BCUT2D eigenvalue weighted by Crippen LogP contribution is -2.22. The second-order valence-corrected chi connectivity index (χ2v) is 10.7. The van der Waals surface area contributed by atoms with Gasteiger partial charge in [0.2, 0.25) is 10.0 Å². The Morgan fingerprint density at radius 1 is 0.917 bits per heavy atom. The molecular weight excluding hydrogens is 502 g/mol. The minimum Gasteiger partial charge on any atom is -0.321 e. The Labute approximate surface area is 211 Å². The van der Waals surface area contributed by atoms with Crippen molar-refractivity contribution in [2.24, 2.45) is 7.05 Å². The standard InChI is InChI=1S/C24H23N5O5S2/c1-15-21(24(32)29(28(15)2)19-10-5-4-6-11-19)26-22(30)16-12-20(35-14-16)23(31)25-17-8-7-9-18(13-17)27-36(3,33)34/h4-14,27H,1-3H3,(H,25,31)(H,26,30). The minimum atomic E-state index is -3.46. The van der Waals surface area contributed by atoms with Crippen LogP contribution in [0, 0.1) is 6.92 Å². The Balaban J connectivity index is 1.50. The molecule has 0 aliphatic carbocycles. The first-order chi connectivity index (χ1) is 17.0. The second kappa shape index (κ2) is 9.84. The molecular formula is C24H23N5O5S2. The first kappa shape index (κ1) is 24.9. The van der Waals surface area contributed by atoms with Crippen LogP contribution in [0.1, 0.15) is 25.7 Å². The van der Waals surface area contributed by atoms with Crippen molar-refractivity contribution in [2.75, 3.05) is 21.6 Å². The molecule has 0 unspecified atom stereocenters. The number of amides is 2. The lowest BCUT2D eigenvalue weighted by molar-refractivity contribution is 0.102. The smallest absolute Gasteiger partial charge is 0.295 e. The molecule has 0 aliphatic rings. The van der Waals surface area contributed by atoms with Crippen LogP contribution in [-0.2, 0) is 17.1 Å². The second-order valence-electron chi connectivity index (χ2n) is 8.00. The molecule has 3 N–H and O–H groups in total. The Bertz CT molecular complexity index is 1620. The summed E-state index contributed by atoms with van der Waals surface area (Å²) in [4.78, 5) is 38.9. The zero-order valence-corrected chi connectivity index (χ0v) is 21.2. The summed E-state index contributed by atoms with van der Waals surface area (Å²) in [6.45, 7) is 1.73. The van der Waals surface area contributed by atoms with Gasteiger partial charge in [-0.15, -0.1) is 11.3 Å². The number of sulfonamides is 1. The van der Waals surface area contributed by atoms with Gasteiger partial charge in [0, 0.05) is 18.1 Å². The predicted octanol–water partition coefficient (Wildman–Crippen LogP) is 3.42. The molecule has 4 aromatic rings. The van der Waals surface area contributed by atoms with Crippen molar-refractivity contribution < 1.29 is 18.0 Å². The highest BCUT2D eigenvalue weighted by Gasteiger charge is 2.20. The third-order valence-electron chi connectivity index (χ3n) is 5.30. The number of thiophene rings is 1. The van der Waals surface area contributed by atoms with Crippen molar-refractivity contribution in [2.45, 2.75) is 6.92 Å². The third-order valence-corrected chi connectivity index (χ3v) is 6.84. The molecule has 0 bridgehead atoms. The summed E-state index contributed by atoms with van der Waals surface area (Å²) in [5.74, 6) is -0.978. The number of anilines is 3. The Kier molecular flexibility index (Phi) is 6.82. The van der Waals surface area contributed by atoms with Crippen LogP contribution in [-0.4, -0.2) is 35.9 Å². The van der Waals surface area contributed by atoms with Crippen LogP contribution < -0.4 is 20.9 Å². The molecule has 2 heterocycles. The first-order valence-electron chi connectivity index (χ1n) is 10.7. The summed E-state index contributed by atoms with van der Waals surface area (Å²) < 4.78 is 28.3. The van der Waals surface area contributed by atoms with Gasteiger partial charge in [0.1, 0.15) is 5.69 Å². The number of para-hydroxylation sites is 1. The van der Waals surface area contributed by atoms with E-state index in [1.54, 1.807) is 49.0 Å². The van der Waals surface area contributed by atoms with E-state index in [1.165, 1.54) is 22.2 Å². The number of nitrogens with one attached hydrogen (secondary N) is 3. The van der Waals surface area contributed by atoms with Crippen molar-refractivity contribution in [1.29, 1.82) is 0 Å². The van der Waals surface area contributed by atoms with E-state index in [4.69, 9.17) is 0 Å². The highest BCUT2D eigenvalue weighted by Crippen LogP contribution is 2.21. The van der Waals surface area contributed by atoms with Crippen LogP contribution in [0.15, 0.2) is 70.8 Å². The number of hydrogen-bond acceptors (Lipinski definition) is 6. The van der Waals surface area contributed by atoms with Gasteiger partial charge in [-0.25, -0.2) is 13.1 Å². The number of nitrogens with zero attached hydrogens (tertiary/aromatic N) is 2. The average molecular weight is 526 g/mol. The van der Waals surface area contributed by atoms with Crippen LogP contribution in [0.5, 0.6) is 0 Å². The molecule has 186 valence electrons. The van der Waals surface area contributed by atoms with Gasteiger partial charge in [0.25, 0.3) is 17.4 Å². The molecule has 2 aromatic carbocycles. The summed E-state index contributed by atoms with van der Waals surface area (Å²) >= 11 is 1.07. The van der Waals surface area contributed by atoms with E-state index in [9.17, 15) is 22.8 Å².